The Morgan fingerprint density at radius 2 is 2.10 bits per heavy atom. The molecule has 0 N–H and O–H groups in total. The van der Waals surface area contributed by atoms with Gasteiger partial charge >= 0.3 is 0 Å². The number of benzene rings is 1. The molecule has 0 radical (unpaired) electrons. The molecule has 0 spiro atoms. The summed E-state index contributed by atoms with van der Waals surface area (Å²) >= 11 is 1.36. The highest BCUT2D eigenvalue weighted by atomic mass is 32.1. The predicted octanol–water partition coefficient (Wildman–Crippen LogP) is 3.86. The van der Waals surface area contributed by atoms with Gasteiger partial charge in [0.25, 0.3) is 5.91 Å². The van der Waals surface area contributed by atoms with Crippen LogP contribution in [0.15, 0.2) is 35.7 Å². The van der Waals surface area contributed by atoms with Crippen molar-refractivity contribution < 1.29 is 4.79 Å². The first-order valence-electron chi connectivity index (χ1n) is 7.43. The number of hydrogen-bond donors (Lipinski definition) is 0. The topological polar surface area (TPSA) is 33.2 Å². The van der Waals surface area contributed by atoms with Gasteiger partial charge in [-0.15, -0.1) is 0 Å². The number of piperidine rings is 1. The summed E-state index contributed by atoms with van der Waals surface area (Å²) in [6, 6.07) is 10.9. The van der Waals surface area contributed by atoms with E-state index < -0.39 is 0 Å². The Kier molecular flexibility index (Phi) is 4.06. The van der Waals surface area contributed by atoms with Gasteiger partial charge in [-0.05, 0) is 49.7 Å². The smallest absolute Gasteiger partial charge is 0.256 e. The molecule has 1 aromatic heterocycles. The van der Waals surface area contributed by atoms with Gasteiger partial charge in [0.1, 0.15) is 0 Å². The molecule has 3 rings (SSSR count). The van der Waals surface area contributed by atoms with E-state index in [2.05, 4.69) is 41.6 Å². The molecule has 0 aliphatic carbocycles. The summed E-state index contributed by atoms with van der Waals surface area (Å²) in [6.45, 7) is 4.89. The highest BCUT2D eigenvalue weighted by Gasteiger charge is 2.30. The number of likely N-dealkylation sites (tertiary alicyclic amines) is 1. The van der Waals surface area contributed by atoms with Crippen LogP contribution in [0.25, 0.3) is 0 Å². The maximum atomic E-state index is 12.6. The molecule has 21 heavy (non-hydrogen) atoms. The lowest BCUT2D eigenvalue weighted by Crippen LogP contribution is -2.44. The van der Waals surface area contributed by atoms with Gasteiger partial charge in [-0.3, -0.25) is 4.79 Å². The van der Waals surface area contributed by atoms with Crippen LogP contribution in [-0.4, -0.2) is 27.8 Å². The summed E-state index contributed by atoms with van der Waals surface area (Å²) in [5.74, 6) is 0.701. The fourth-order valence-electron chi connectivity index (χ4n) is 3.15. The summed E-state index contributed by atoms with van der Waals surface area (Å²) in [6.07, 6.45) is 2.07. The average Bonchev–Trinajstić information content (AvgIpc) is 2.93. The van der Waals surface area contributed by atoms with E-state index in [1.54, 1.807) is 0 Å². The summed E-state index contributed by atoms with van der Waals surface area (Å²) in [4.78, 5) is 14.6. The fourth-order valence-corrected chi connectivity index (χ4v) is 3.84. The van der Waals surface area contributed by atoms with Crippen molar-refractivity contribution in [1.29, 1.82) is 0 Å². The number of amides is 1. The average molecular weight is 300 g/mol. The Bertz CT molecular complexity index is 623. The maximum Gasteiger partial charge on any atom is 0.256 e. The lowest BCUT2D eigenvalue weighted by atomic mass is 9.85. The van der Waals surface area contributed by atoms with Crippen molar-refractivity contribution in [1.82, 2.24) is 9.27 Å². The fraction of sp³-hybridized carbons (Fsp3) is 0.412. The first-order valence-corrected chi connectivity index (χ1v) is 8.27. The molecule has 3 nitrogen and oxygen atoms in total. The zero-order valence-corrected chi connectivity index (χ0v) is 13.3. The Balaban J connectivity index is 1.72. The Hall–Kier alpha value is -1.68. The summed E-state index contributed by atoms with van der Waals surface area (Å²) in [5, 5.41) is 1.87. The zero-order chi connectivity index (χ0) is 14.8. The molecule has 4 heteroatoms. The van der Waals surface area contributed by atoms with E-state index in [0.29, 0.717) is 5.92 Å². The summed E-state index contributed by atoms with van der Waals surface area (Å²) < 4.78 is 4.21. The molecular weight excluding hydrogens is 280 g/mol. The maximum absolute atomic E-state index is 12.6. The number of aryl methyl sites for hydroxylation is 1. The van der Waals surface area contributed by atoms with Crippen LogP contribution in [0.3, 0.4) is 0 Å². The van der Waals surface area contributed by atoms with Crippen molar-refractivity contribution in [2.45, 2.75) is 38.6 Å². The Morgan fingerprint density at radius 1 is 1.33 bits per heavy atom. The first kappa shape index (κ1) is 14.3. The van der Waals surface area contributed by atoms with E-state index in [9.17, 15) is 4.79 Å². The minimum absolute atomic E-state index is 0.139. The number of aromatic nitrogens is 1. The van der Waals surface area contributed by atoms with Gasteiger partial charge in [0, 0.05) is 18.0 Å². The van der Waals surface area contributed by atoms with E-state index in [1.165, 1.54) is 17.1 Å². The van der Waals surface area contributed by atoms with Gasteiger partial charge in [-0.2, -0.15) is 4.37 Å². The van der Waals surface area contributed by atoms with Crippen LogP contribution in [0.5, 0.6) is 0 Å². The molecule has 2 heterocycles. The van der Waals surface area contributed by atoms with Gasteiger partial charge < -0.3 is 4.90 Å². The highest BCUT2D eigenvalue weighted by molar-refractivity contribution is 7.03. The lowest BCUT2D eigenvalue weighted by Gasteiger charge is -2.38. The standard InChI is InChI=1S/C17H20N2OS/c1-12-10-15(14-6-4-3-5-7-14)8-9-19(12)17(20)16-11-21-18-13(16)2/h3-7,11-12,15H,8-10H2,1-2H3. The van der Waals surface area contributed by atoms with E-state index in [0.717, 1.165) is 30.6 Å². The van der Waals surface area contributed by atoms with E-state index in [1.807, 2.05) is 17.2 Å². The third-order valence-corrected chi connectivity index (χ3v) is 5.11. The van der Waals surface area contributed by atoms with Gasteiger partial charge in [-0.25, -0.2) is 0 Å². The Morgan fingerprint density at radius 3 is 2.71 bits per heavy atom. The van der Waals surface area contributed by atoms with Crippen molar-refractivity contribution in [3.05, 3.63) is 52.5 Å². The molecule has 1 saturated heterocycles. The second kappa shape index (κ2) is 5.98. The highest BCUT2D eigenvalue weighted by Crippen LogP contribution is 2.32. The van der Waals surface area contributed by atoms with Crippen molar-refractivity contribution >= 4 is 17.4 Å². The molecule has 2 unspecified atom stereocenters. The predicted molar refractivity (Wildman–Crippen MR) is 85.8 cm³/mol. The molecule has 110 valence electrons. The van der Waals surface area contributed by atoms with Crippen LogP contribution >= 0.6 is 11.5 Å². The quantitative estimate of drug-likeness (QED) is 0.844. The van der Waals surface area contributed by atoms with Gasteiger partial charge in [0.05, 0.1) is 11.3 Å². The largest absolute Gasteiger partial charge is 0.336 e. The first-order chi connectivity index (χ1) is 10.2. The second-order valence-electron chi connectivity index (χ2n) is 5.79. The second-order valence-corrected chi connectivity index (χ2v) is 6.42. The molecule has 2 atom stereocenters. The number of nitrogens with zero attached hydrogens (tertiary/aromatic N) is 2. The van der Waals surface area contributed by atoms with Crippen LogP contribution in [0.1, 0.15) is 47.3 Å². The van der Waals surface area contributed by atoms with E-state index >= 15 is 0 Å². The third kappa shape index (κ3) is 2.86. The minimum atomic E-state index is 0.139. The van der Waals surface area contributed by atoms with Crippen LogP contribution in [-0.2, 0) is 0 Å². The van der Waals surface area contributed by atoms with Gasteiger partial charge in [0.15, 0.2) is 0 Å². The summed E-state index contributed by atoms with van der Waals surface area (Å²) in [7, 11) is 0. The third-order valence-electron chi connectivity index (χ3n) is 4.39. The van der Waals surface area contributed by atoms with Crippen molar-refractivity contribution in [2.75, 3.05) is 6.54 Å². The van der Waals surface area contributed by atoms with Gasteiger partial charge in [0.2, 0.25) is 0 Å². The monoisotopic (exact) mass is 300 g/mol. The number of hydrogen-bond acceptors (Lipinski definition) is 3. The van der Waals surface area contributed by atoms with Crippen molar-refractivity contribution in [3.63, 3.8) is 0 Å². The van der Waals surface area contributed by atoms with Crippen molar-refractivity contribution in [3.8, 4) is 0 Å². The molecular formula is C17H20N2OS. The van der Waals surface area contributed by atoms with Crippen molar-refractivity contribution in [2.24, 2.45) is 0 Å². The van der Waals surface area contributed by atoms with E-state index in [-0.39, 0.29) is 11.9 Å². The molecule has 1 aromatic carbocycles. The number of carbonyl (C=O) groups excluding carboxylic acids is 1. The minimum Gasteiger partial charge on any atom is -0.336 e. The molecule has 2 aromatic rings. The normalized spacial score (nSPS) is 22.3. The molecule has 1 amide bonds. The SMILES string of the molecule is Cc1nscc1C(=O)N1CCC(c2ccccc2)CC1C. The number of rotatable bonds is 2. The summed E-state index contributed by atoms with van der Waals surface area (Å²) in [5.41, 5.74) is 3.01. The van der Waals surface area contributed by atoms with Gasteiger partial charge in [-0.1, -0.05) is 30.3 Å². The van der Waals surface area contributed by atoms with Crippen LogP contribution < -0.4 is 0 Å². The molecule has 0 saturated carbocycles. The molecule has 1 aliphatic rings. The molecule has 1 fully saturated rings. The van der Waals surface area contributed by atoms with Crippen LogP contribution in [0.4, 0.5) is 0 Å². The molecule has 1 aliphatic heterocycles. The van der Waals surface area contributed by atoms with E-state index in [4.69, 9.17) is 0 Å². The van der Waals surface area contributed by atoms with Crippen LogP contribution in [0, 0.1) is 6.92 Å². The van der Waals surface area contributed by atoms with Crippen LogP contribution in [0.2, 0.25) is 0 Å². The lowest BCUT2D eigenvalue weighted by molar-refractivity contribution is 0.0615. The molecule has 0 bridgehead atoms. The Labute approximate surface area is 129 Å². The number of carbonyl (C=O) groups is 1. The zero-order valence-electron chi connectivity index (χ0n) is 12.5.